The van der Waals surface area contributed by atoms with Crippen LogP contribution in [0.3, 0.4) is 0 Å². The standard InChI is InChI=1S/C22H26N4O2/c1-14(2)16-9-11-18(12-10-16)22-25-19(28-26-22)13-24-20(21(23)27)15(3)17-7-5-4-6-8-17/h4-12,14-15,20,24H,13H2,1-3H3,(H2,23,27). The molecule has 0 aliphatic carbocycles. The van der Waals surface area contributed by atoms with E-state index < -0.39 is 11.9 Å². The first-order valence-corrected chi connectivity index (χ1v) is 9.46. The van der Waals surface area contributed by atoms with Crippen molar-refractivity contribution in [2.75, 3.05) is 0 Å². The molecule has 6 heteroatoms. The number of hydrogen-bond donors (Lipinski definition) is 2. The van der Waals surface area contributed by atoms with E-state index in [1.54, 1.807) is 0 Å². The number of nitrogens with zero attached hydrogens (tertiary/aromatic N) is 2. The summed E-state index contributed by atoms with van der Waals surface area (Å²) < 4.78 is 5.34. The van der Waals surface area contributed by atoms with Gasteiger partial charge in [-0.25, -0.2) is 0 Å². The second-order valence-electron chi connectivity index (χ2n) is 7.25. The number of rotatable bonds is 8. The van der Waals surface area contributed by atoms with Crippen LogP contribution in [-0.4, -0.2) is 22.1 Å². The molecule has 0 fully saturated rings. The number of amides is 1. The molecule has 0 aliphatic rings. The molecule has 1 aromatic heterocycles. The van der Waals surface area contributed by atoms with E-state index in [0.717, 1.165) is 11.1 Å². The zero-order valence-corrected chi connectivity index (χ0v) is 16.4. The highest BCUT2D eigenvalue weighted by molar-refractivity contribution is 5.81. The lowest BCUT2D eigenvalue weighted by atomic mass is 9.93. The van der Waals surface area contributed by atoms with Gasteiger partial charge < -0.3 is 10.3 Å². The van der Waals surface area contributed by atoms with Gasteiger partial charge in [-0.3, -0.25) is 10.1 Å². The Balaban J connectivity index is 1.67. The van der Waals surface area contributed by atoms with Gasteiger partial charge in [0.25, 0.3) is 0 Å². The molecule has 28 heavy (non-hydrogen) atoms. The molecule has 1 amide bonds. The first-order valence-electron chi connectivity index (χ1n) is 9.46. The summed E-state index contributed by atoms with van der Waals surface area (Å²) in [7, 11) is 0. The molecule has 3 aromatic rings. The molecular weight excluding hydrogens is 352 g/mol. The van der Waals surface area contributed by atoms with Crippen LogP contribution in [-0.2, 0) is 11.3 Å². The third-order valence-corrected chi connectivity index (χ3v) is 4.91. The zero-order chi connectivity index (χ0) is 20.1. The number of carbonyl (C=O) groups is 1. The van der Waals surface area contributed by atoms with Crippen LogP contribution >= 0.6 is 0 Å². The summed E-state index contributed by atoms with van der Waals surface area (Å²) in [5, 5.41) is 7.20. The number of nitrogens with two attached hydrogens (primary N) is 1. The minimum atomic E-state index is -0.539. The van der Waals surface area contributed by atoms with Crippen molar-refractivity contribution in [3.63, 3.8) is 0 Å². The summed E-state index contributed by atoms with van der Waals surface area (Å²) in [4.78, 5) is 16.4. The van der Waals surface area contributed by atoms with Gasteiger partial charge >= 0.3 is 0 Å². The zero-order valence-electron chi connectivity index (χ0n) is 16.4. The van der Waals surface area contributed by atoms with E-state index in [9.17, 15) is 4.79 Å². The van der Waals surface area contributed by atoms with Gasteiger partial charge in [0.15, 0.2) is 0 Å². The third kappa shape index (κ3) is 4.64. The van der Waals surface area contributed by atoms with E-state index >= 15 is 0 Å². The quantitative estimate of drug-likeness (QED) is 0.624. The predicted octanol–water partition coefficient (Wildman–Crippen LogP) is 3.61. The second-order valence-corrected chi connectivity index (χ2v) is 7.25. The maximum atomic E-state index is 11.9. The fourth-order valence-corrected chi connectivity index (χ4v) is 3.13. The molecule has 2 atom stereocenters. The molecule has 0 bridgehead atoms. The fraction of sp³-hybridized carbons (Fsp3) is 0.318. The van der Waals surface area contributed by atoms with Crippen LogP contribution in [0, 0.1) is 0 Å². The molecule has 3 N–H and O–H groups in total. The van der Waals surface area contributed by atoms with E-state index in [4.69, 9.17) is 10.3 Å². The normalized spacial score (nSPS) is 13.4. The van der Waals surface area contributed by atoms with E-state index in [-0.39, 0.29) is 12.5 Å². The third-order valence-electron chi connectivity index (χ3n) is 4.91. The van der Waals surface area contributed by atoms with Crippen molar-refractivity contribution in [2.45, 2.75) is 45.2 Å². The maximum absolute atomic E-state index is 11.9. The Hall–Kier alpha value is -2.99. The summed E-state index contributed by atoms with van der Waals surface area (Å²) in [6.45, 7) is 6.53. The SMILES string of the molecule is CC(C)c1ccc(-c2noc(CNC(C(N)=O)C(C)c3ccccc3)n2)cc1. The number of benzene rings is 2. The van der Waals surface area contributed by atoms with E-state index in [0.29, 0.717) is 17.6 Å². The topological polar surface area (TPSA) is 94.0 Å². The number of hydrogen-bond acceptors (Lipinski definition) is 5. The molecule has 2 aromatic carbocycles. The Bertz CT molecular complexity index is 904. The van der Waals surface area contributed by atoms with Crippen LogP contribution in [0.5, 0.6) is 0 Å². The second kappa shape index (κ2) is 8.80. The minimum Gasteiger partial charge on any atom is -0.368 e. The lowest BCUT2D eigenvalue weighted by Crippen LogP contribution is -2.44. The Morgan fingerprint density at radius 3 is 2.32 bits per heavy atom. The largest absolute Gasteiger partial charge is 0.368 e. The summed E-state index contributed by atoms with van der Waals surface area (Å²) in [5.74, 6) is 0.912. The molecule has 1 heterocycles. The van der Waals surface area contributed by atoms with Gasteiger partial charge in [0.05, 0.1) is 12.6 Å². The van der Waals surface area contributed by atoms with Crippen LogP contribution < -0.4 is 11.1 Å². The number of aromatic nitrogens is 2. The summed E-state index contributed by atoms with van der Waals surface area (Å²) >= 11 is 0. The van der Waals surface area contributed by atoms with Crippen molar-refractivity contribution in [3.05, 3.63) is 71.6 Å². The maximum Gasteiger partial charge on any atom is 0.240 e. The molecule has 0 saturated heterocycles. The van der Waals surface area contributed by atoms with Gasteiger partial charge in [-0.05, 0) is 17.0 Å². The predicted molar refractivity (Wildman–Crippen MR) is 109 cm³/mol. The molecule has 146 valence electrons. The smallest absolute Gasteiger partial charge is 0.240 e. The van der Waals surface area contributed by atoms with Crippen molar-refractivity contribution in [1.82, 2.24) is 15.5 Å². The van der Waals surface area contributed by atoms with Crippen molar-refractivity contribution >= 4 is 5.91 Å². The molecular formula is C22H26N4O2. The summed E-state index contributed by atoms with van der Waals surface area (Å²) in [6, 6.07) is 17.4. The van der Waals surface area contributed by atoms with Crippen LogP contribution in [0.15, 0.2) is 59.1 Å². The van der Waals surface area contributed by atoms with Gasteiger partial charge in [-0.1, -0.05) is 80.5 Å². The molecule has 0 saturated carbocycles. The Labute approximate surface area is 165 Å². The van der Waals surface area contributed by atoms with Crippen molar-refractivity contribution in [2.24, 2.45) is 5.73 Å². The van der Waals surface area contributed by atoms with E-state index in [2.05, 4.69) is 41.4 Å². The van der Waals surface area contributed by atoms with Crippen molar-refractivity contribution in [1.29, 1.82) is 0 Å². The van der Waals surface area contributed by atoms with E-state index in [1.807, 2.05) is 49.4 Å². The average Bonchev–Trinajstić information content (AvgIpc) is 3.17. The van der Waals surface area contributed by atoms with Gasteiger partial charge in [-0.2, -0.15) is 4.98 Å². The minimum absolute atomic E-state index is 0.0790. The monoisotopic (exact) mass is 378 g/mol. The number of nitrogens with one attached hydrogen (secondary N) is 1. The first kappa shape index (κ1) is 19.8. The Morgan fingerprint density at radius 2 is 1.71 bits per heavy atom. The fourth-order valence-electron chi connectivity index (χ4n) is 3.13. The van der Waals surface area contributed by atoms with Crippen molar-refractivity contribution < 1.29 is 9.32 Å². The number of primary amides is 1. The van der Waals surface area contributed by atoms with E-state index in [1.165, 1.54) is 5.56 Å². The Morgan fingerprint density at radius 1 is 1.04 bits per heavy atom. The van der Waals surface area contributed by atoms with Crippen LogP contribution in [0.1, 0.15) is 49.6 Å². The van der Waals surface area contributed by atoms with Gasteiger partial charge in [0, 0.05) is 11.5 Å². The average molecular weight is 378 g/mol. The summed E-state index contributed by atoms with van der Waals surface area (Å²) in [6.07, 6.45) is 0. The lowest BCUT2D eigenvalue weighted by Gasteiger charge is -2.22. The van der Waals surface area contributed by atoms with Crippen LogP contribution in [0.2, 0.25) is 0 Å². The lowest BCUT2D eigenvalue weighted by molar-refractivity contribution is -0.120. The molecule has 0 spiro atoms. The Kier molecular flexibility index (Phi) is 6.21. The van der Waals surface area contributed by atoms with Gasteiger partial charge in [-0.15, -0.1) is 0 Å². The summed E-state index contributed by atoms with van der Waals surface area (Å²) in [5.41, 5.74) is 8.79. The highest BCUT2D eigenvalue weighted by Gasteiger charge is 2.24. The number of carbonyl (C=O) groups excluding carboxylic acids is 1. The molecule has 2 unspecified atom stereocenters. The molecule has 6 nitrogen and oxygen atoms in total. The molecule has 0 radical (unpaired) electrons. The highest BCUT2D eigenvalue weighted by atomic mass is 16.5. The highest BCUT2D eigenvalue weighted by Crippen LogP contribution is 2.21. The molecule has 0 aliphatic heterocycles. The van der Waals surface area contributed by atoms with Crippen LogP contribution in [0.25, 0.3) is 11.4 Å². The van der Waals surface area contributed by atoms with Gasteiger partial charge in [0.1, 0.15) is 0 Å². The first-order chi connectivity index (χ1) is 13.5. The van der Waals surface area contributed by atoms with Gasteiger partial charge in [0.2, 0.25) is 17.6 Å². The molecule has 3 rings (SSSR count). The van der Waals surface area contributed by atoms with Crippen molar-refractivity contribution in [3.8, 4) is 11.4 Å². The van der Waals surface area contributed by atoms with Crippen LogP contribution in [0.4, 0.5) is 0 Å².